The predicted octanol–water partition coefficient (Wildman–Crippen LogP) is 4.14. The van der Waals surface area contributed by atoms with Crippen LogP contribution in [0.3, 0.4) is 0 Å². The fourth-order valence-corrected chi connectivity index (χ4v) is 2.49. The zero-order valence-electron chi connectivity index (χ0n) is 12.2. The fourth-order valence-electron chi connectivity index (χ4n) is 2.32. The fraction of sp³-hybridized carbons (Fsp3) is 0.0625. The summed E-state index contributed by atoms with van der Waals surface area (Å²) in [6.07, 6.45) is 2.10. The van der Waals surface area contributed by atoms with Crippen molar-refractivity contribution >= 4 is 45.8 Å². The summed E-state index contributed by atoms with van der Waals surface area (Å²) >= 11 is 6.09. The Balaban J connectivity index is 2.05. The van der Waals surface area contributed by atoms with Crippen molar-refractivity contribution in [3.8, 4) is 0 Å². The van der Waals surface area contributed by atoms with Crippen molar-refractivity contribution in [2.75, 3.05) is 17.3 Å². The molecule has 2 N–H and O–H groups in total. The van der Waals surface area contributed by atoms with Gasteiger partial charge in [0.2, 0.25) is 0 Å². The highest BCUT2D eigenvalue weighted by molar-refractivity contribution is 6.31. The quantitative estimate of drug-likeness (QED) is 0.755. The molecule has 0 atom stereocenters. The van der Waals surface area contributed by atoms with Crippen LogP contribution in [-0.2, 0) is 0 Å². The van der Waals surface area contributed by atoms with E-state index in [1.807, 2.05) is 36.2 Å². The van der Waals surface area contributed by atoms with Crippen molar-refractivity contribution < 1.29 is 9.90 Å². The maximum atomic E-state index is 10.7. The molecule has 0 aliphatic rings. The SMILES string of the molecule is CN(c1ccnc(NC(=O)O)c1)c1nccc2ccc(Cl)cc12. The largest absolute Gasteiger partial charge is 0.465 e. The van der Waals surface area contributed by atoms with Gasteiger partial charge in [-0.15, -0.1) is 0 Å². The van der Waals surface area contributed by atoms with Gasteiger partial charge in [0, 0.05) is 41.6 Å². The van der Waals surface area contributed by atoms with E-state index < -0.39 is 6.09 Å². The second-order valence-electron chi connectivity index (χ2n) is 4.89. The number of carboxylic acid groups (broad SMARTS) is 1. The van der Waals surface area contributed by atoms with E-state index in [4.69, 9.17) is 16.7 Å². The molecule has 3 aromatic rings. The molecule has 0 aliphatic heterocycles. The smallest absolute Gasteiger partial charge is 0.410 e. The van der Waals surface area contributed by atoms with Gasteiger partial charge in [-0.25, -0.2) is 14.8 Å². The molecule has 116 valence electrons. The summed E-state index contributed by atoms with van der Waals surface area (Å²) in [5.41, 5.74) is 0.753. The number of halogens is 1. The molecule has 2 aromatic heterocycles. The Kier molecular flexibility index (Phi) is 3.99. The lowest BCUT2D eigenvalue weighted by Gasteiger charge is -2.20. The van der Waals surface area contributed by atoms with Gasteiger partial charge in [0.1, 0.15) is 11.6 Å². The Morgan fingerprint density at radius 1 is 1.17 bits per heavy atom. The summed E-state index contributed by atoms with van der Waals surface area (Å²) in [5.74, 6) is 0.970. The first-order valence-corrected chi connectivity index (χ1v) is 7.16. The number of carbonyl (C=O) groups is 1. The van der Waals surface area contributed by atoms with Crippen LogP contribution >= 0.6 is 11.6 Å². The molecule has 7 heteroatoms. The molecule has 0 aliphatic carbocycles. The molecule has 6 nitrogen and oxygen atoms in total. The number of hydrogen-bond acceptors (Lipinski definition) is 4. The van der Waals surface area contributed by atoms with Crippen LogP contribution in [0.25, 0.3) is 10.8 Å². The Labute approximate surface area is 137 Å². The minimum Gasteiger partial charge on any atom is -0.465 e. The normalized spacial score (nSPS) is 10.5. The first kappa shape index (κ1) is 15.1. The number of nitrogens with zero attached hydrogens (tertiary/aromatic N) is 3. The summed E-state index contributed by atoms with van der Waals surface area (Å²) in [5, 5.41) is 13.6. The molecule has 0 bridgehead atoms. The number of pyridine rings is 2. The molecule has 0 radical (unpaired) electrons. The molecule has 2 heterocycles. The minimum atomic E-state index is -1.16. The average Bonchev–Trinajstić information content (AvgIpc) is 2.53. The zero-order valence-corrected chi connectivity index (χ0v) is 12.9. The van der Waals surface area contributed by atoms with E-state index in [0.717, 1.165) is 22.3 Å². The van der Waals surface area contributed by atoms with Crippen molar-refractivity contribution in [3.63, 3.8) is 0 Å². The topological polar surface area (TPSA) is 78.4 Å². The molecule has 23 heavy (non-hydrogen) atoms. The summed E-state index contributed by atoms with van der Waals surface area (Å²) in [4.78, 5) is 21.0. The van der Waals surface area contributed by atoms with Crippen molar-refractivity contribution in [1.29, 1.82) is 0 Å². The zero-order chi connectivity index (χ0) is 16.4. The number of nitrogens with one attached hydrogen (secondary N) is 1. The van der Waals surface area contributed by atoms with Crippen molar-refractivity contribution in [1.82, 2.24) is 9.97 Å². The van der Waals surface area contributed by atoms with E-state index in [0.29, 0.717) is 5.02 Å². The van der Waals surface area contributed by atoms with Gasteiger partial charge in [0.05, 0.1) is 0 Å². The van der Waals surface area contributed by atoms with E-state index >= 15 is 0 Å². The van der Waals surface area contributed by atoms with E-state index in [2.05, 4.69) is 15.3 Å². The van der Waals surface area contributed by atoms with Gasteiger partial charge >= 0.3 is 6.09 Å². The van der Waals surface area contributed by atoms with Gasteiger partial charge in [-0.1, -0.05) is 17.7 Å². The third-order valence-electron chi connectivity index (χ3n) is 3.39. The average molecular weight is 329 g/mol. The van der Waals surface area contributed by atoms with Crippen LogP contribution in [0, 0.1) is 0 Å². The van der Waals surface area contributed by atoms with E-state index in [-0.39, 0.29) is 5.82 Å². The van der Waals surface area contributed by atoms with Crippen LogP contribution in [0.1, 0.15) is 0 Å². The second-order valence-corrected chi connectivity index (χ2v) is 5.32. The lowest BCUT2D eigenvalue weighted by atomic mass is 10.1. The second kappa shape index (κ2) is 6.10. The summed E-state index contributed by atoms with van der Waals surface area (Å²) in [6.45, 7) is 0. The number of fused-ring (bicyclic) bond motifs is 1. The number of aromatic nitrogens is 2. The maximum Gasteiger partial charge on any atom is 0.410 e. The molecule has 0 saturated carbocycles. The number of hydrogen-bond donors (Lipinski definition) is 2. The van der Waals surface area contributed by atoms with Gasteiger partial charge in [-0.3, -0.25) is 5.32 Å². The number of rotatable bonds is 3. The lowest BCUT2D eigenvalue weighted by Crippen LogP contribution is -2.13. The highest BCUT2D eigenvalue weighted by Gasteiger charge is 2.11. The summed E-state index contributed by atoms with van der Waals surface area (Å²) < 4.78 is 0. The molecule has 0 spiro atoms. The lowest BCUT2D eigenvalue weighted by molar-refractivity contribution is 0.209. The van der Waals surface area contributed by atoms with Crippen LogP contribution in [0.4, 0.5) is 22.1 Å². The minimum absolute atomic E-state index is 0.250. The highest BCUT2D eigenvalue weighted by atomic mass is 35.5. The van der Waals surface area contributed by atoms with Gasteiger partial charge in [-0.05, 0) is 29.7 Å². The standard InChI is InChI=1S/C16H13ClN4O2/c1-21(12-5-7-18-14(9-12)20-16(22)23)15-13-8-11(17)3-2-10(13)4-6-19-15/h2-9H,1H3,(H,18,20)(H,22,23). The van der Waals surface area contributed by atoms with E-state index in [1.54, 1.807) is 18.3 Å². The molecular weight excluding hydrogens is 316 g/mol. The van der Waals surface area contributed by atoms with Crippen LogP contribution in [0.2, 0.25) is 5.02 Å². The van der Waals surface area contributed by atoms with Crippen molar-refractivity contribution in [3.05, 3.63) is 53.8 Å². The van der Waals surface area contributed by atoms with Crippen LogP contribution in [-0.4, -0.2) is 28.2 Å². The number of anilines is 3. The predicted molar refractivity (Wildman–Crippen MR) is 90.7 cm³/mol. The van der Waals surface area contributed by atoms with Gasteiger partial charge in [0.25, 0.3) is 0 Å². The van der Waals surface area contributed by atoms with Crippen LogP contribution < -0.4 is 10.2 Å². The van der Waals surface area contributed by atoms with Crippen molar-refractivity contribution in [2.24, 2.45) is 0 Å². The van der Waals surface area contributed by atoms with Crippen LogP contribution in [0.5, 0.6) is 0 Å². The van der Waals surface area contributed by atoms with Gasteiger partial charge < -0.3 is 10.0 Å². The highest BCUT2D eigenvalue weighted by Crippen LogP contribution is 2.31. The third kappa shape index (κ3) is 3.17. The van der Waals surface area contributed by atoms with E-state index in [9.17, 15) is 4.79 Å². The van der Waals surface area contributed by atoms with Crippen LogP contribution in [0.15, 0.2) is 48.8 Å². The molecule has 0 fully saturated rings. The summed E-state index contributed by atoms with van der Waals surface area (Å²) in [7, 11) is 1.85. The molecular formula is C16H13ClN4O2. The third-order valence-corrected chi connectivity index (χ3v) is 3.63. The Bertz CT molecular complexity index is 885. The monoisotopic (exact) mass is 328 g/mol. The molecule has 0 unspecified atom stereocenters. The summed E-state index contributed by atoms with van der Waals surface area (Å²) in [6, 6.07) is 10.9. The maximum absolute atomic E-state index is 10.7. The Morgan fingerprint density at radius 2 is 1.96 bits per heavy atom. The molecule has 0 saturated heterocycles. The Morgan fingerprint density at radius 3 is 2.74 bits per heavy atom. The first-order valence-electron chi connectivity index (χ1n) is 6.78. The Hall–Kier alpha value is -2.86. The van der Waals surface area contributed by atoms with Gasteiger partial charge in [-0.2, -0.15) is 0 Å². The van der Waals surface area contributed by atoms with Crippen molar-refractivity contribution in [2.45, 2.75) is 0 Å². The molecule has 1 aromatic carbocycles. The first-order chi connectivity index (χ1) is 11.0. The molecule has 3 rings (SSSR count). The number of benzene rings is 1. The molecule has 1 amide bonds. The van der Waals surface area contributed by atoms with E-state index in [1.165, 1.54) is 6.20 Å². The van der Waals surface area contributed by atoms with Gasteiger partial charge in [0.15, 0.2) is 0 Å². The number of amides is 1.